The highest BCUT2D eigenvalue weighted by molar-refractivity contribution is 5.30. The van der Waals surface area contributed by atoms with Crippen molar-refractivity contribution in [3.63, 3.8) is 0 Å². The Bertz CT molecular complexity index is 770. The number of hydrogen-bond acceptors (Lipinski definition) is 5. The first-order chi connectivity index (χ1) is 11.9. The smallest absolute Gasteiger partial charge is 0.225 e. The molecule has 4 heterocycles. The SMILES string of the molecule is c1cnc(N2CCC[C@@H](c3nccn3Cc3cccnc3)C2)nc1. The van der Waals surface area contributed by atoms with E-state index in [4.69, 9.17) is 0 Å². The van der Waals surface area contributed by atoms with Gasteiger partial charge in [0.2, 0.25) is 5.95 Å². The molecule has 0 bridgehead atoms. The summed E-state index contributed by atoms with van der Waals surface area (Å²) in [5, 5.41) is 0. The molecule has 3 aromatic rings. The summed E-state index contributed by atoms with van der Waals surface area (Å²) < 4.78 is 2.23. The lowest BCUT2D eigenvalue weighted by atomic mass is 9.97. The zero-order chi connectivity index (χ0) is 16.2. The van der Waals surface area contributed by atoms with E-state index >= 15 is 0 Å². The normalized spacial score (nSPS) is 17.8. The van der Waals surface area contributed by atoms with Crippen molar-refractivity contribution in [1.82, 2.24) is 24.5 Å². The molecule has 1 saturated heterocycles. The zero-order valence-electron chi connectivity index (χ0n) is 13.5. The first-order valence-corrected chi connectivity index (χ1v) is 8.32. The second-order valence-electron chi connectivity index (χ2n) is 6.11. The molecule has 1 aliphatic heterocycles. The maximum Gasteiger partial charge on any atom is 0.225 e. The van der Waals surface area contributed by atoms with E-state index < -0.39 is 0 Å². The molecule has 0 aromatic carbocycles. The molecule has 4 rings (SSSR count). The average Bonchev–Trinajstić information content (AvgIpc) is 3.12. The van der Waals surface area contributed by atoms with Crippen LogP contribution in [-0.2, 0) is 6.54 Å². The molecule has 6 nitrogen and oxygen atoms in total. The van der Waals surface area contributed by atoms with Crippen LogP contribution < -0.4 is 4.90 Å². The van der Waals surface area contributed by atoms with Crippen LogP contribution in [0.15, 0.2) is 55.4 Å². The lowest BCUT2D eigenvalue weighted by Gasteiger charge is -2.32. The maximum atomic E-state index is 4.64. The van der Waals surface area contributed by atoms with Gasteiger partial charge in [-0.05, 0) is 30.5 Å². The first kappa shape index (κ1) is 14.8. The Morgan fingerprint density at radius 1 is 1.04 bits per heavy atom. The minimum absolute atomic E-state index is 0.397. The van der Waals surface area contributed by atoms with Crippen LogP contribution in [0.1, 0.15) is 30.1 Å². The van der Waals surface area contributed by atoms with E-state index in [2.05, 4.69) is 41.7 Å². The number of pyridine rings is 1. The Labute approximate surface area is 141 Å². The maximum absolute atomic E-state index is 4.64. The summed E-state index contributed by atoms with van der Waals surface area (Å²) in [4.78, 5) is 19.9. The van der Waals surface area contributed by atoms with Crippen molar-refractivity contribution < 1.29 is 0 Å². The molecule has 0 radical (unpaired) electrons. The topological polar surface area (TPSA) is 59.7 Å². The largest absolute Gasteiger partial charge is 0.340 e. The van der Waals surface area contributed by atoms with Crippen molar-refractivity contribution >= 4 is 5.95 Å². The number of rotatable bonds is 4. The van der Waals surface area contributed by atoms with Crippen molar-refractivity contribution in [2.75, 3.05) is 18.0 Å². The average molecular weight is 320 g/mol. The lowest BCUT2D eigenvalue weighted by molar-refractivity contribution is 0.471. The molecular formula is C18H20N6. The molecule has 0 spiro atoms. The Morgan fingerprint density at radius 3 is 2.79 bits per heavy atom. The molecule has 24 heavy (non-hydrogen) atoms. The zero-order valence-corrected chi connectivity index (χ0v) is 13.5. The molecule has 0 unspecified atom stereocenters. The van der Waals surface area contributed by atoms with E-state index in [9.17, 15) is 0 Å². The number of piperidine rings is 1. The second-order valence-corrected chi connectivity index (χ2v) is 6.11. The standard InChI is InChI=1S/C18H20N6/c1-4-15(12-19-6-1)13-23-11-9-20-17(23)16-5-2-10-24(14-16)18-21-7-3-8-22-18/h1,3-4,6-9,11-12,16H,2,5,10,13-14H2/t16-/m1/s1. The summed E-state index contributed by atoms with van der Waals surface area (Å²) in [6, 6.07) is 5.92. The van der Waals surface area contributed by atoms with Gasteiger partial charge in [0.15, 0.2) is 0 Å². The van der Waals surface area contributed by atoms with Gasteiger partial charge >= 0.3 is 0 Å². The molecule has 0 saturated carbocycles. The van der Waals surface area contributed by atoms with Gasteiger partial charge in [0.05, 0.1) is 6.54 Å². The van der Waals surface area contributed by atoms with Crippen molar-refractivity contribution in [2.45, 2.75) is 25.3 Å². The van der Waals surface area contributed by atoms with Gasteiger partial charge in [-0.1, -0.05) is 6.07 Å². The Balaban J connectivity index is 1.53. The van der Waals surface area contributed by atoms with Crippen molar-refractivity contribution in [3.05, 3.63) is 66.8 Å². The summed E-state index contributed by atoms with van der Waals surface area (Å²) in [6.07, 6.45) is 13.5. The number of hydrogen-bond donors (Lipinski definition) is 0. The van der Waals surface area contributed by atoms with Gasteiger partial charge in [0.1, 0.15) is 5.82 Å². The lowest BCUT2D eigenvalue weighted by Crippen LogP contribution is -2.36. The van der Waals surface area contributed by atoms with Gasteiger partial charge in [0, 0.05) is 56.2 Å². The van der Waals surface area contributed by atoms with Crippen LogP contribution in [-0.4, -0.2) is 37.6 Å². The van der Waals surface area contributed by atoms with Gasteiger partial charge in [0.25, 0.3) is 0 Å². The summed E-state index contributed by atoms with van der Waals surface area (Å²) in [7, 11) is 0. The highest BCUT2D eigenvalue weighted by Gasteiger charge is 2.26. The highest BCUT2D eigenvalue weighted by atomic mass is 15.3. The third-order valence-corrected chi connectivity index (χ3v) is 4.44. The summed E-state index contributed by atoms with van der Waals surface area (Å²) >= 11 is 0. The molecular weight excluding hydrogens is 300 g/mol. The van der Waals surface area contributed by atoms with E-state index in [-0.39, 0.29) is 0 Å². The van der Waals surface area contributed by atoms with Gasteiger partial charge in [-0.2, -0.15) is 0 Å². The minimum atomic E-state index is 0.397. The summed E-state index contributed by atoms with van der Waals surface area (Å²) in [5.74, 6) is 2.35. The van der Waals surface area contributed by atoms with Crippen LogP contribution >= 0.6 is 0 Å². The third-order valence-electron chi connectivity index (χ3n) is 4.44. The van der Waals surface area contributed by atoms with Crippen LogP contribution in [0.2, 0.25) is 0 Å². The number of anilines is 1. The highest BCUT2D eigenvalue weighted by Crippen LogP contribution is 2.27. The predicted octanol–water partition coefficient (Wildman–Crippen LogP) is 2.50. The van der Waals surface area contributed by atoms with Gasteiger partial charge < -0.3 is 9.47 Å². The molecule has 0 N–H and O–H groups in total. The Kier molecular flexibility index (Phi) is 4.18. The third kappa shape index (κ3) is 3.13. The van der Waals surface area contributed by atoms with Crippen molar-refractivity contribution in [2.24, 2.45) is 0 Å². The molecule has 3 aromatic heterocycles. The number of nitrogens with zero attached hydrogens (tertiary/aromatic N) is 6. The fourth-order valence-corrected chi connectivity index (χ4v) is 3.33. The Hall–Kier alpha value is -2.76. The van der Waals surface area contributed by atoms with Crippen molar-refractivity contribution in [1.29, 1.82) is 0 Å². The van der Waals surface area contributed by atoms with E-state index in [0.29, 0.717) is 5.92 Å². The number of imidazole rings is 1. The molecule has 0 amide bonds. The number of aromatic nitrogens is 5. The monoisotopic (exact) mass is 320 g/mol. The minimum Gasteiger partial charge on any atom is -0.340 e. The van der Waals surface area contributed by atoms with E-state index in [1.54, 1.807) is 18.6 Å². The van der Waals surface area contributed by atoms with Crippen LogP contribution in [0.3, 0.4) is 0 Å². The van der Waals surface area contributed by atoms with E-state index in [0.717, 1.165) is 44.2 Å². The quantitative estimate of drug-likeness (QED) is 0.739. The molecule has 1 atom stereocenters. The van der Waals surface area contributed by atoms with Crippen LogP contribution in [0.5, 0.6) is 0 Å². The molecule has 1 fully saturated rings. The van der Waals surface area contributed by atoms with Crippen molar-refractivity contribution in [3.8, 4) is 0 Å². The second kappa shape index (κ2) is 6.78. The molecule has 122 valence electrons. The van der Waals surface area contributed by atoms with Crippen LogP contribution in [0.25, 0.3) is 0 Å². The fraction of sp³-hybridized carbons (Fsp3) is 0.333. The van der Waals surface area contributed by atoms with Crippen LogP contribution in [0, 0.1) is 0 Å². The summed E-state index contributed by atoms with van der Waals surface area (Å²) in [6.45, 7) is 2.72. The van der Waals surface area contributed by atoms with Gasteiger partial charge in [-0.25, -0.2) is 15.0 Å². The first-order valence-electron chi connectivity index (χ1n) is 8.32. The van der Waals surface area contributed by atoms with E-state index in [1.165, 1.54) is 5.56 Å². The van der Waals surface area contributed by atoms with E-state index in [1.807, 2.05) is 24.5 Å². The fourth-order valence-electron chi connectivity index (χ4n) is 3.33. The van der Waals surface area contributed by atoms with Gasteiger partial charge in [-0.15, -0.1) is 0 Å². The molecule has 0 aliphatic carbocycles. The summed E-state index contributed by atoms with van der Waals surface area (Å²) in [5.41, 5.74) is 1.19. The Morgan fingerprint density at radius 2 is 1.96 bits per heavy atom. The van der Waals surface area contributed by atoms with Gasteiger partial charge in [-0.3, -0.25) is 4.98 Å². The molecule has 6 heteroatoms. The molecule has 1 aliphatic rings. The van der Waals surface area contributed by atoms with Crippen LogP contribution in [0.4, 0.5) is 5.95 Å². The predicted molar refractivity (Wildman–Crippen MR) is 91.8 cm³/mol.